The van der Waals surface area contributed by atoms with Gasteiger partial charge < -0.3 is 5.32 Å². The molecule has 0 saturated carbocycles. The molecular formula is C12H10N2O3S. The highest BCUT2D eigenvalue weighted by molar-refractivity contribution is 8.18. The zero-order valence-corrected chi connectivity index (χ0v) is 10.1. The Kier molecular flexibility index (Phi) is 3.78. The molecule has 92 valence electrons. The maximum atomic E-state index is 11.5. The van der Waals surface area contributed by atoms with Crippen molar-refractivity contribution < 1.29 is 14.4 Å². The summed E-state index contributed by atoms with van der Waals surface area (Å²) in [6.45, 7) is 0.379. The van der Waals surface area contributed by atoms with Crippen LogP contribution in [0.25, 0.3) is 0 Å². The summed E-state index contributed by atoms with van der Waals surface area (Å²) in [6, 6.07) is 9.40. The Labute approximate surface area is 108 Å². The third-order valence-electron chi connectivity index (χ3n) is 2.21. The molecule has 18 heavy (non-hydrogen) atoms. The van der Waals surface area contributed by atoms with Crippen LogP contribution in [0.2, 0.25) is 0 Å². The van der Waals surface area contributed by atoms with Crippen LogP contribution in [-0.2, 0) is 16.1 Å². The van der Waals surface area contributed by atoms with E-state index in [0.29, 0.717) is 6.54 Å². The van der Waals surface area contributed by atoms with Crippen LogP contribution < -0.4 is 10.6 Å². The predicted molar refractivity (Wildman–Crippen MR) is 67.5 cm³/mol. The van der Waals surface area contributed by atoms with Crippen molar-refractivity contribution in [2.45, 2.75) is 6.54 Å². The minimum absolute atomic E-state index is 0.116. The SMILES string of the molecule is O=C(/C=C1\SC(=O)NC1=O)NCc1ccccc1. The zero-order valence-electron chi connectivity index (χ0n) is 9.30. The van der Waals surface area contributed by atoms with Crippen LogP contribution in [0.5, 0.6) is 0 Å². The number of hydrogen-bond donors (Lipinski definition) is 2. The number of carbonyl (C=O) groups is 3. The number of rotatable bonds is 3. The molecule has 0 unspecified atom stereocenters. The number of imide groups is 1. The van der Waals surface area contributed by atoms with Crippen molar-refractivity contribution in [3.05, 3.63) is 46.9 Å². The Balaban J connectivity index is 1.91. The number of thioether (sulfide) groups is 1. The Morgan fingerprint density at radius 2 is 2.00 bits per heavy atom. The fourth-order valence-corrected chi connectivity index (χ4v) is 2.03. The van der Waals surface area contributed by atoms with E-state index in [4.69, 9.17) is 0 Å². The second-order valence-electron chi connectivity index (χ2n) is 3.56. The summed E-state index contributed by atoms with van der Waals surface area (Å²) >= 11 is 0.724. The lowest BCUT2D eigenvalue weighted by molar-refractivity contribution is -0.118. The highest BCUT2D eigenvalue weighted by Crippen LogP contribution is 2.22. The monoisotopic (exact) mass is 262 g/mol. The molecule has 1 fully saturated rings. The first-order valence-electron chi connectivity index (χ1n) is 5.22. The first kappa shape index (κ1) is 12.4. The molecule has 0 aliphatic carbocycles. The van der Waals surface area contributed by atoms with Gasteiger partial charge in [0.05, 0.1) is 4.91 Å². The molecule has 0 atom stereocenters. The highest BCUT2D eigenvalue weighted by atomic mass is 32.2. The first-order chi connectivity index (χ1) is 8.65. The highest BCUT2D eigenvalue weighted by Gasteiger charge is 2.25. The third-order valence-corrected chi connectivity index (χ3v) is 3.02. The van der Waals surface area contributed by atoms with E-state index in [0.717, 1.165) is 23.4 Å². The molecule has 6 heteroatoms. The van der Waals surface area contributed by atoms with Crippen molar-refractivity contribution >= 4 is 28.8 Å². The summed E-state index contributed by atoms with van der Waals surface area (Å²) in [5.74, 6) is -0.925. The fraction of sp³-hybridized carbons (Fsp3) is 0.0833. The minimum atomic E-state index is -0.528. The standard InChI is InChI=1S/C12H10N2O3S/c15-10(6-9-11(16)14-12(17)18-9)13-7-8-4-2-1-3-5-8/h1-6H,7H2,(H,13,15)(H,14,16,17)/b9-6-. The van der Waals surface area contributed by atoms with E-state index in [9.17, 15) is 14.4 Å². The normalized spacial score (nSPS) is 16.8. The summed E-state index contributed by atoms with van der Waals surface area (Å²) in [7, 11) is 0. The van der Waals surface area contributed by atoms with Gasteiger partial charge >= 0.3 is 0 Å². The van der Waals surface area contributed by atoms with Crippen LogP contribution in [0.4, 0.5) is 4.79 Å². The maximum Gasteiger partial charge on any atom is 0.290 e. The Bertz CT molecular complexity index is 525. The largest absolute Gasteiger partial charge is 0.348 e. The molecular weight excluding hydrogens is 252 g/mol. The number of hydrogen-bond acceptors (Lipinski definition) is 4. The molecule has 1 aromatic carbocycles. The van der Waals surface area contributed by atoms with Crippen LogP contribution in [0.15, 0.2) is 41.3 Å². The Morgan fingerprint density at radius 3 is 2.61 bits per heavy atom. The van der Waals surface area contributed by atoms with E-state index in [1.54, 1.807) is 0 Å². The van der Waals surface area contributed by atoms with E-state index >= 15 is 0 Å². The van der Waals surface area contributed by atoms with Gasteiger partial charge in [0, 0.05) is 12.6 Å². The lowest BCUT2D eigenvalue weighted by Crippen LogP contribution is -2.22. The number of nitrogens with one attached hydrogen (secondary N) is 2. The molecule has 1 aliphatic rings. The van der Waals surface area contributed by atoms with Gasteiger partial charge in [-0.25, -0.2) is 0 Å². The molecule has 3 amide bonds. The predicted octanol–water partition coefficient (Wildman–Crippen LogP) is 1.17. The number of carbonyl (C=O) groups excluding carboxylic acids is 3. The molecule has 1 aromatic rings. The summed E-state index contributed by atoms with van der Waals surface area (Å²) in [4.78, 5) is 33.7. The first-order valence-corrected chi connectivity index (χ1v) is 6.03. The third kappa shape index (κ3) is 3.21. The fourth-order valence-electron chi connectivity index (χ4n) is 1.38. The van der Waals surface area contributed by atoms with Crippen molar-refractivity contribution in [2.24, 2.45) is 0 Å². The van der Waals surface area contributed by atoms with Crippen LogP contribution in [-0.4, -0.2) is 17.1 Å². The van der Waals surface area contributed by atoms with Crippen LogP contribution in [0.3, 0.4) is 0 Å². The average molecular weight is 262 g/mol. The number of benzene rings is 1. The van der Waals surface area contributed by atoms with Gasteiger partial charge in [0.15, 0.2) is 0 Å². The zero-order chi connectivity index (χ0) is 13.0. The molecule has 2 N–H and O–H groups in total. The van der Waals surface area contributed by atoms with Gasteiger partial charge in [-0.05, 0) is 17.3 Å². The van der Waals surface area contributed by atoms with E-state index in [2.05, 4.69) is 10.6 Å². The lowest BCUT2D eigenvalue weighted by atomic mass is 10.2. The van der Waals surface area contributed by atoms with Gasteiger partial charge in [0.2, 0.25) is 5.91 Å². The molecule has 1 heterocycles. The molecule has 5 nitrogen and oxygen atoms in total. The molecule has 2 rings (SSSR count). The second-order valence-corrected chi connectivity index (χ2v) is 4.57. The number of amides is 3. The summed E-state index contributed by atoms with van der Waals surface area (Å²) in [6.07, 6.45) is 1.13. The lowest BCUT2D eigenvalue weighted by Gasteiger charge is -2.02. The topological polar surface area (TPSA) is 75.3 Å². The quantitative estimate of drug-likeness (QED) is 0.802. The smallest absolute Gasteiger partial charge is 0.290 e. The van der Waals surface area contributed by atoms with E-state index in [1.807, 2.05) is 30.3 Å². The van der Waals surface area contributed by atoms with Crippen molar-refractivity contribution in [3.8, 4) is 0 Å². The van der Waals surface area contributed by atoms with Crippen LogP contribution in [0, 0.1) is 0 Å². The molecule has 1 saturated heterocycles. The Morgan fingerprint density at radius 1 is 1.28 bits per heavy atom. The summed E-state index contributed by atoms with van der Waals surface area (Å²) in [5, 5.41) is 4.27. The second kappa shape index (κ2) is 5.50. The van der Waals surface area contributed by atoms with Crippen LogP contribution in [0.1, 0.15) is 5.56 Å². The van der Waals surface area contributed by atoms with Crippen molar-refractivity contribution in [1.82, 2.24) is 10.6 Å². The maximum absolute atomic E-state index is 11.5. The van der Waals surface area contributed by atoms with Crippen LogP contribution >= 0.6 is 11.8 Å². The van der Waals surface area contributed by atoms with Gasteiger partial charge in [0.1, 0.15) is 0 Å². The van der Waals surface area contributed by atoms with Crippen molar-refractivity contribution in [1.29, 1.82) is 0 Å². The minimum Gasteiger partial charge on any atom is -0.348 e. The van der Waals surface area contributed by atoms with Gasteiger partial charge in [-0.2, -0.15) is 0 Å². The molecule has 0 radical (unpaired) electrons. The van der Waals surface area contributed by atoms with Gasteiger partial charge in [0.25, 0.3) is 11.1 Å². The summed E-state index contributed by atoms with van der Waals surface area (Å²) in [5.41, 5.74) is 0.962. The van der Waals surface area contributed by atoms with Gasteiger partial charge in [-0.1, -0.05) is 30.3 Å². The Hall–Kier alpha value is -2.08. The molecule has 0 bridgehead atoms. The molecule has 0 aromatic heterocycles. The van der Waals surface area contributed by atoms with E-state index < -0.39 is 17.1 Å². The van der Waals surface area contributed by atoms with E-state index in [1.165, 1.54) is 0 Å². The van der Waals surface area contributed by atoms with Gasteiger partial charge in [-0.3, -0.25) is 19.7 Å². The van der Waals surface area contributed by atoms with E-state index in [-0.39, 0.29) is 4.91 Å². The van der Waals surface area contributed by atoms with Crippen molar-refractivity contribution in [3.63, 3.8) is 0 Å². The van der Waals surface area contributed by atoms with Gasteiger partial charge in [-0.15, -0.1) is 0 Å². The molecule has 0 spiro atoms. The summed E-state index contributed by atoms with van der Waals surface area (Å²) < 4.78 is 0. The average Bonchev–Trinajstić information content (AvgIpc) is 2.67. The van der Waals surface area contributed by atoms with Crippen molar-refractivity contribution in [2.75, 3.05) is 0 Å². The molecule has 1 aliphatic heterocycles.